The molecule has 0 aliphatic carbocycles. The van der Waals surface area contributed by atoms with Crippen molar-refractivity contribution in [2.75, 3.05) is 0 Å². The first-order chi connectivity index (χ1) is 8.81. The van der Waals surface area contributed by atoms with Crippen molar-refractivity contribution in [1.29, 1.82) is 0 Å². The summed E-state index contributed by atoms with van der Waals surface area (Å²) in [7, 11) is 0. The molecule has 3 nitrogen and oxygen atoms in total. The zero-order valence-corrected chi connectivity index (χ0v) is 10.3. The molecular formula is C14H11ClN2O. The number of hydrogen-bond acceptors (Lipinski definition) is 2. The zero-order valence-electron chi connectivity index (χ0n) is 9.58. The van der Waals surface area contributed by atoms with E-state index in [9.17, 15) is 0 Å². The van der Waals surface area contributed by atoms with Crippen molar-refractivity contribution in [3.8, 4) is 11.5 Å². The Hall–Kier alpha value is -2.00. The standard InChI is InChI=1S/C14H11ClN2O/c15-12-5-3-11(4-6-12)10-17-8-7-13(16-17)14-2-1-9-18-14/h1-9H,10H2. The van der Waals surface area contributed by atoms with Crippen LogP contribution in [0, 0.1) is 0 Å². The lowest BCUT2D eigenvalue weighted by atomic mass is 10.2. The number of nitrogens with zero attached hydrogens (tertiary/aromatic N) is 2. The molecule has 2 heterocycles. The van der Waals surface area contributed by atoms with Crippen LogP contribution in [-0.4, -0.2) is 9.78 Å². The fourth-order valence-corrected chi connectivity index (χ4v) is 1.91. The summed E-state index contributed by atoms with van der Waals surface area (Å²) in [6.07, 6.45) is 3.58. The van der Waals surface area contributed by atoms with Gasteiger partial charge in [0, 0.05) is 11.2 Å². The Morgan fingerprint density at radius 1 is 1.11 bits per heavy atom. The Bertz CT molecular complexity index is 626. The van der Waals surface area contributed by atoms with E-state index in [2.05, 4.69) is 5.10 Å². The average molecular weight is 259 g/mol. The van der Waals surface area contributed by atoms with Gasteiger partial charge in [-0.05, 0) is 35.9 Å². The molecule has 0 amide bonds. The molecule has 0 saturated carbocycles. The third-order valence-electron chi connectivity index (χ3n) is 2.67. The Morgan fingerprint density at radius 3 is 2.67 bits per heavy atom. The van der Waals surface area contributed by atoms with Gasteiger partial charge >= 0.3 is 0 Å². The summed E-state index contributed by atoms with van der Waals surface area (Å²) >= 11 is 5.85. The lowest BCUT2D eigenvalue weighted by molar-refractivity contribution is 0.576. The highest BCUT2D eigenvalue weighted by Gasteiger charge is 2.04. The van der Waals surface area contributed by atoms with E-state index in [1.54, 1.807) is 6.26 Å². The van der Waals surface area contributed by atoms with Crippen LogP contribution in [0.15, 0.2) is 59.3 Å². The van der Waals surface area contributed by atoms with Crippen molar-refractivity contribution in [3.63, 3.8) is 0 Å². The van der Waals surface area contributed by atoms with Gasteiger partial charge in [0.25, 0.3) is 0 Å². The van der Waals surface area contributed by atoms with E-state index in [-0.39, 0.29) is 0 Å². The summed E-state index contributed by atoms with van der Waals surface area (Å²) < 4.78 is 7.18. The van der Waals surface area contributed by atoms with E-state index >= 15 is 0 Å². The smallest absolute Gasteiger partial charge is 0.154 e. The number of furan rings is 1. The fraction of sp³-hybridized carbons (Fsp3) is 0.0714. The van der Waals surface area contributed by atoms with E-state index in [1.807, 2.05) is 53.3 Å². The second-order valence-corrected chi connectivity index (χ2v) is 4.44. The van der Waals surface area contributed by atoms with E-state index in [0.717, 1.165) is 28.6 Å². The molecule has 0 bridgehead atoms. The molecule has 0 spiro atoms. The zero-order chi connectivity index (χ0) is 12.4. The third kappa shape index (κ3) is 2.31. The van der Waals surface area contributed by atoms with Crippen LogP contribution >= 0.6 is 11.6 Å². The first-order valence-corrected chi connectivity index (χ1v) is 6.01. The van der Waals surface area contributed by atoms with Crippen molar-refractivity contribution < 1.29 is 4.42 Å². The highest BCUT2D eigenvalue weighted by molar-refractivity contribution is 6.30. The van der Waals surface area contributed by atoms with Gasteiger partial charge in [0.15, 0.2) is 5.76 Å². The van der Waals surface area contributed by atoms with Crippen LogP contribution in [0.1, 0.15) is 5.56 Å². The minimum atomic E-state index is 0.720. The van der Waals surface area contributed by atoms with Crippen LogP contribution in [-0.2, 0) is 6.54 Å². The van der Waals surface area contributed by atoms with Crippen molar-refractivity contribution in [1.82, 2.24) is 9.78 Å². The first-order valence-electron chi connectivity index (χ1n) is 5.63. The predicted molar refractivity (Wildman–Crippen MR) is 70.5 cm³/mol. The lowest BCUT2D eigenvalue weighted by Crippen LogP contribution is -1.99. The Kier molecular flexibility index (Phi) is 2.90. The maximum atomic E-state index is 5.85. The molecule has 0 atom stereocenters. The largest absolute Gasteiger partial charge is 0.463 e. The van der Waals surface area contributed by atoms with Crippen LogP contribution < -0.4 is 0 Å². The van der Waals surface area contributed by atoms with E-state index in [4.69, 9.17) is 16.0 Å². The van der Waals surface area contributed by atoms with Gasteiger partial charge in [0.2, 0.25) is 0 Å². The molecule has 4 heteroatoms. The fourth-order valence-electron chi connectivity index (χ4n) is 1.78. The minimum Gasteiger partial charge on any atom is -0.463 e. The lowest BCUT2D eigenvalue weighted by Gasteiger charge is -2.01. The van der Waals surface area contributed by atoms with Crippen LogP contribution in [0.2, 0.25) is 5.02 Å². The van der Waals surface area contributed by atoms with Gasteiger partial charge in [-0.3, -0.25) is 4.68 Å². The average Bonchev–Trinajstić information content (AvgIpc) is 3.02. The summed E-state index contributed by atoms with van der Waals surface area (Å²) in [5, 5.41) is 5.21. The van der Waals surface area contributed by atoms with Crippen LogP contribution in [0.4, 0.5) is 0 Å². The highest BCUT2D eigenvalue weighted by Crippen LogP contribution is 2.17. The molecule has 3 aromatic rings. The van der Waals surface area contributed by atoms with E-state index in [1.165, 1.54) is 0 Å². The van der Waals surface area contributed by atoms with E-state index in [0.29, 0.717) is 0 Å². The highest BCUT2D eigenvalue weighted by atomic mass is 35.5. The molecule has 0 unspecified atom stereocenters. The SMILES string of the molecule is Clc1ccc(Cn2ccc(-c3ccco3)n2)cc1. The van der Waals surface area contributed by atoms with Gasteiger partial charge in [0.1, 0.15) is 5.69 Å². The summed E-state index contributed by atoms with van der Waals surface area (Å²) in [4.78, 5) is 0. The summed E-state index contributed by atoms with van der Waals surface area (Å²) in [6, 6.07) is 13.5. The van der Waals surface area contributed by atoms with Crippen LogP contribution in [0.3, 0.4) is 0 Å². The molecule has 0 aliphatic rings. The molecule has 0 fully saturated rings. The number of benzene rings is 1. The molecule has 2 aromatic heterocycles. The van der Waals surface area contributed by atoms with Gasteiger partial charge in [-0.15, -0.1) is 0 Å². The van der Waals surface area contributed by atoms with Crippen LogP contribution in [0.5, 0.6) is 0 Å². The van der Waals surface area contributed by atoms with Crippen molar-refractivity contribution in [2.45, 2.75) is 6.54 Å². The summed E-state index contributed by atoms with van der Waals surface area (Å²) in [5.74, 6) is 0.782. The maximum absolute atomic E-state index is 5.85. The topological polar surface area (TPSA) is 31.0 Å². The van der Waals surface area contributed by atoms with Crippen molar-refractivity contribution in [3.05, 3.63) is 65.5 Å². The first kappa shape index (κ1) is 11.1. The molecule has 1 aromatic carbocycles. The van der Waals surface area contributed by atoms with Gasteiger partial charge in [-0.25, -0.2) is 0 Å². The monoisotopic (exact) mass is 258 g/mol. The quantitative estimate of drug-likeness (QED) is 0.715. The van der Waals surface area contributed by atoms with Gasteiger partial charge < -0.3 is 4.42 Å². The second-order valence-electron chi connectivity index (χ2n) is 4.00. The number of hydrogen-bond donors (Lipinski definition) is 0. The molecule has 18 heavy (non-hydrogen) atoms. The second kappa shape index (κ2) is 4.70. The Morgan fingerprint density at radius 2 is 1.94 bits per heavy atom. The maximum Gasteiger partial charge on any atom is 0.154 e. The minimum absolute atomic E-state index is 0.720. The Balaban J connectivity index is 1.80. The van der Waals surface area contributed by atoms with Crippen molar-refractivity contribution in [2.24, 2.45) is 0 Å². The Labute approximate surface area is 110 Å². The normalized spacial score (nSPS) is 10.7. The summed E-state index contributed by atoms with van der Waals surface area (Å²) in [6.45, 7) is 0.720. The third-order valence-corrected chi connectivity index (χ3v) is 2.92. The molecule has 90 valence electrons. The predicted octanol–water partition coefficient (Wildman–Crippen LogP) is 3.84. The molecule has 0 saturated heterocycles. The summed E-state index contributed by atoms with van der Waals surface area (Å²) in [5.41, 5.74) is 2.00. The van der Waals surface area contributed by atoms with Gasteiger partial charge in [-0.2, -0.15) is 5.10 Å². The molecule has 3 rings (SSSR count). The molecular weight excluding hydrogens is 248 g/mol. The molecule has 0 radical (unpaired) electrons. The number of halogens is 1. The number of rotatable bonds is 3. The molecule has 0 N–H and O–H groups in total. The van der Waals surface area contributed by atoms with Gasteiger partial charge in [-0.1, -0.05) is 23.7 Å². The van der Waals surface area contributed by atoms with Crippen LogP contribution in [0.25, 0.3) is 11.5 Å². The molecule has 0 aliphatic heterocycles. The number of aromatic nitrogens is 2. The van der Waals surface area contributed by atoms with E-state index < -0.39 is 0 Å². The van der Waals surface area contributed by atoms with Crippen molar-refractivity contribution >= 4 is 11.6 Å². The van der Waals surface area contributed by atoms with Gasteiger partial charge in [0.05, 0.1) is 12.8 Å².